The van der Waals surface area contributed by atoms with Gasteiger partial charge in [0.05, 0.1) is 7.11 Å². The van der Waals surface area contributed by atoms with Crippen molar-refractivity contribution in [3.05, 3.63) is 71.2 Å². The summed E-state index contributed by atoms with van der Waals surface area (Å²) >= 11 is 0. The molecule has 3 N–H and O–H groups in total. The monoisotopic (exact) mass is 530 g/mol. The molecule has 0 radical (unpaired) electrons. The molecule has 39 heavy (non-hydrogen) atoms. The van der Waals surface area contributed by atoms with Crippen LogP contribution in [0, 0.1) is 11.3 Å². The number of aliphatic hydroxyl groups is 1. The molecule has 0 aliphatic carbocycles. The van der Waals surface area contributed by atoms with Crippen molar-refractivity contribution in [2.45, 2.75) is 27.7 Å². The van der Waals surface area contributed by atoms with E-state index >= 15 is 0 Å². The predicted molar refractivity (Wildman–Crippen MR) is 148 cm³/mol. The van der Waals surface area contributed by atoms with Crippen molar-refractivity contribution in [3.63, 3.8) is 0 Å². The number of nitrogens with zero attached hydrogens (tertiary/aromatic N) is 2. The van der Waals surface area contributed by atoms with E-state index in [-0.39, 0.29) is 22.9 Å². The van der Waals surface area contributed by atoms with Crippen molar-refractivity contribution in [2.75, 3.05) is 30.8 Å². The number of furan rings is 1. The molecule has 2 aromatic carbocycles. The Bertz CT molecular complexity index is 1520. The van der Waals surface area contributed by atoms with E-state index in [0.717, 1.165) is 0 Å². The summed E-state index contributed by atoms with van der Waals surface area (Å²) in [4.78, 5) is 40.4. The fourth-order valence-electron chi connectivity index (χ4n) is 3.88. The van der Waals surface area contributed by atoms with E-state index in [9.17, 15) is 24.8 Å². The van der Waals surface area contributed by atoms with Crippen LogP contribution in [-0.4, -0.2) is 47.9 Å². The van der Waals surface area contributed by atoms with Gasteiger partial charge in [0, 0.05) is 36.3 Å². The van der Waals surface area contributed by atoms with Crippen LogP contribution in [0.3, 0.4) is 0 Å². The van der Waals surface area contributed by atoms with Gasteiger partial charge in [-0.05, 0) is 63.1 Å². The van der Waals surface area contributed by atoms with Gasteiger partial charge in [0.2, 0.25) is 11.7 Å². The number of allylic oxidation sites excluding steroid dienone is 2. The Hall–Kier alpha value is -5.04. The first kappa shape index (κ1) is 28.5. The lowest BCUT2D eigenvalue weighted by Gasteiger charge is -2.16. The molecule has 202 valence electrons. The van der Waals surface area contributed by atoms with E-state index in [1.165, 1.54) is 20.1 Å². The Morgan fingerprint density at radius 2 is 1.82 bits per heavy atom. The number of likely N-dealkylation sites (N-methyl/N-ethyl adjacent to an activating group) is 1. The Morgan fingerprint density at radius 1 is 1.10 bits per heavy atom. The number of rotatable bonds is 9. The molecule has 3 amide bonds. The molecule has 0 saturated carbocycles. The third-order valence-electron chi connectivity index (χ3n) is 6.03. The van der Waals surface area contributed by atoms with Crippen LogP contribution in [0.5, 0.6) is 5.75 Å². The van der Waals surface area contributed by atoms with Gasteiger partial charge in [-0.25, -0.2) is 0 Å². The Kier molecular flexibility index (Phi) is 9.12. The van der Waals surface area contributed by atoms with Crippen LogP contribution in [0.4, 0.5) is 11.4 Å². The molecule has 0 bridgehead atoms. The SMILES string of the molecule is CCN(CC)C(=O)/C=C(\C)c1ccc2oc(C(=O)Nc3cccc(OC)c3)c(NC(=O)/C(C#N)=C(/C)O)c2c1. The van der Waals surface area contributed by atoms with Crippen molar-refractivity contribution < 1.29 is 28.6 Å². The smallest absolute Gasteiger partial charge is 0.293 e. The van der Waals surface area contributed by atoms with Gasteiger partial charge in [-0.15, -0.1) is 0 Å². The third kappa shape index (κ3) is 6.45. The highest BCUT2D eigenvalue weighted by Gasteiger charge is 2.25. The lowest BCUT2D eigenvalue weighted by atomic mass is 10.0. The average Bonchev–Trinajstić information content (AvgIpc) is 3.27. The number of aliphatic hydroxyl groups excluding tert-OH is 1. The van der Waals surface area contributed by atoms with Gasteiger partial charge in [0.25, 0.3) is 11.8 Å². The summed E-state index contributed by atoms with van der Waals surface area (Å²) in [6.07, 6.45) is 1.52. The number of hydrogen-bond donors (Lipinski definition) is 3. The van der Waals surface area contributed by atoms with E-state index in [2.05, 4.69) is 10.6 Å². The molecular formula is C29H30N4O6. The summed E-state index contributed by atoms with van der Waals surface area (Å²) in [6, 6.07) is 13.4. The van der Waals surface area contributed by atoms with Crippen LogP contribution in [0.1, 0.15) is 43.8 Å². The minimum Gasteiger partial charge on any atom is -0.511 e. The van der Waals surface area contributed by atoms with Gasteiger partial charge in [-0.2, -0.15) is 5.26 Å². The maximum absolute atomic E-state index is 13.3. The lowest BCUT2D eigenvalue weighted by molar-refractivity contribution is -0.125. The molecule has 0 unspecified atom stereocenters. The molecule has 0 saturated heterocycles. The normalized spacial score (nSPS) is 11.8. The zero-order chi connectivity index (χ0) is 28.7. The number of nitrogens with one attached hydrogen (secondary N) is 2. The Labute approximate surface area is 226 Å². The number of ether oxygens (including phenoxy) is 1. The van der Waals surface area contributed by atoms with Crippen molar-refractivity contribution >= 4 is 45.6 Å². The van der Waals surface area contributed by atoms with Gasteiger partial charge in [-0.1, -0.05) is 12.1 Å². The highest BCUT2D eigenvalue weighted by atomic mass is 16.5. The second-order valence-corrected chi connectivity index (χ2v) is 8.57. The number of methoxy groups -OCH3 is 1. The maximum Gasteiger partial charge on any atom is 0.293 e. The number of benzene rings is 2. The van der Waals surface area contributed by atoms with Crippen molar-refractivity contribution in [1.29, 1.82) is 5.26 Å². The molecule has 10 heteroatoms. The summed E-state index contributed by atoms with van der Waals surface area (Å²) in [5.74, 6) is -1.88. The summed E-state index contributed by atoms with van der Waals surface area (Å²) in [7, 11) is 1.50. The van der Waals surface area contributed by atoms with Gasteiger partial charge in [0.15, 0.2) is 5.57 Å². The van der Waals surface area contributed by atoms with Gasteiger partial charge in [-0.3, -0.25) is 14.4 Å². The third-order valence-corrected chi connectivity index (χ3v) is 6.03. The molecule has 0 spiro atoms. The molecule has 0 fully saturated rings. The molecule has 0 atom stereocenters. The highest BCUT2D eigenvalue weighted by Crippen LogP contribution is 2.34. The van der Waals surface area contributed by atoms with Gasteiger partial charge in [0.1, 0.15) is 28.8 Å². The number of carbonyl (C=O) groups is 3. The zero-order valence-corrected chi connectivity index (χ0v) is 22.4. The largest absolute Gasteiger partial charge is 0.511 e. The summed E-state index contributed by atoms with van der Waals surface area (Å²) in [5.41, 5.74) is 1.53. The fourth-order valence-corrected chi connectivity index (χ4v) is 3.88. The van der Waals surface area contributed by atoms with Crippen molar-refractivity contribution in [3.8, 4) is 11.8 Å². The molecule has 0 aliphatic rings. The number of hydrogen-bond acceptors (Lipinski definition) is 7. The van der Waals surface area contributed by atoms with E-state index in [1.54, 1.807) is 60.4 Å². The van der Waals surface area contributed by atoms with Crippen molar-refractivity contribution in [1.82, 2.24) is 4.90 Å². The maximum atomic E-state index is 13.3. The van der Waals surface area contributed by atoms with E-state index in [1.807, 2.05) is 13.8 Å². The standard InChI is InChI=1S/C29H30N4O6/c1-6-33(7-2)25(35)13-17(3)19-11-12-24-22(14-19)26(32-28(36)23(16-30)18(4)34)27(39-24)29(37)31-20-9-8-10-21(15-20)38-5/h8-15,34H,6-7H2,1-5H3,(H,31,37)(H,32,36)/b17-13+,23-18-. The minimum absolute atomic E-state index is 0.00844. The molecule has 0 aliphatic heterocycles. The molecule has 1 heterocycles. The molecule has 3 aromatic rings. The van der Waals surface area contributed by atoms with Crippen LogP contribution in [0.2, 0.25) is 0 Å². The van der Waals surface area contributed by atoms with E-state index < -0.39 is 23.1 Å². The second kappa shape index (κ2) is 12.5. The molecule has 1 aromatic heterocycles. The fraction of sp³-hybridized carbons (Fsp3) is 0.241. The molecule has 10 nitrogen and oxygen atoms in total. The quantitative estimate of drug-likeness (QED) is 0.194. The first-order valence-electron chi connectivity index (χ1n) is 12.2. The predicted octanol–water partition coefficient (Wildman–Crippen LogP) is 5.26. The van der Waals surface area contributed by atoms with Gasteiger partial charge < -0.3 is 29.8 Å². The number of amides is 3. The average molecular weight is 531 g/mol. The number of anilines is 2. The summed E-state index contributed by atoms with van der Waals surface area (Å²) in [6.45, 7) is 7.92. The Morgan fingerprint density at radius 3 is 2.44 bits per heavy atom. The Balaban J connectivity index is 2.11. The van der Waals surface area contributed by atoms with Crippen LogP contribution in [0.25, 0.3) is 16.5 Å². The first-order valence-corrected chi connectivity index (χ1v) is 12.2. The number of fused-ring (bicyclic) bond motifs is 1. The zero-order valence-electron chi connectivity index (χ0n) is 22.4. The topological polar surface area (TPSA) is 145 Å². The molecule has 3 rings (SSSR count). The number of carbonyl (C=O) groups excluding carboxylic acids is 3. The van der Waals surface area contributed by atoms with Crippen LogP contribution in [0.15, 0.2) is 64.3 Å². The van der Waals surface area contributed by atoms with Crippen LogP contribution < -0.4 is 15.4 Å². The van der Waals surface area contributed by atoms with Crippen molar-refractivity contribution in [2.24, 2.45) is 0 Å². The van der Waals surface area contributed by atoms with Crippen LogP contribution in [-0.2, 0) is 9.59 Å². The summed E-state index contributed by atoms with van der Waals surface area (Å²) < 4.78 is 11.0. The van der Waals surface area contributed by atoms with Crippen LogP contribution >= 0.6 is 0 Å². The first-order chi connectivity index (χ1) is 18.6. The highest BCUT2D eigenvalue weighted by molar-refractivity contribution is 6.18. The van der Waals surface area contributed by atoms with E-state index in [4.69, 9.17) is 9.15 Å². The van der Waals surface area contributed by atoms with E-state index in [0.29, 0.717) is 41.0 Å². The summed E-state index contributed by atoms with van der Waals surface area (Å²) in [5, 5.41) is 24.7. The minimum atomic E-state index is -0.912. The second-order valence-electron chi connectivity index (χ2n) is 8.57. The molecular weight excluding hydrogens is 500 g/mol. The lowest BCUT2D eigenvalue weighted by Crippen LogP contribution is -2.28. The number of nitriles is 1. The van der Waals surface area contributed by atoms with Gasteiger partial charge >= 0.3 is 0 Å².